The second-order valence-electron chi connectivity index (χ2n) is 7.42. The van der Waals surface area contributed by atoms with Gasteiger partial charge in [0.15, 0.2) is 0 Å². The Labute approximate surface area is 179 Å². The summed E-state index contributed by atoms with van der Waals surface area (Å²) in [5.41, 5.74) is 1.31. The van der Waals surface area contributed by atoms with Crippen LogP contribution >= 0.6 is 11.6 Å². The van der Waals surface area contributed by atoms with Gasteiger partial charge < -0.3 is 14.2 Å². The van der Waals surface area contributed by atoms with Gasteiger partial charge in [0.1, 0.15) is 28.1 Å². The fourth-order valence-corrected chi connectivity index (χ4v) is 3.94. The molecule has 0 aliphatic carbocycles. The van der Waals surface area contributed by atoms with Crippen LogP contribution in [0.25, 0.3) is 11.0 Å². The predicted molar refractivity (Wildman–Crippen MR) is 115 cm³/mol. The third-order valence-corrected chi connectivity index (χ3v) is 5.61. The first-order valence-corrected chi connectivity index (χ1v) is 10.4. The first kappa shape index (κ1) is 20.3. The molecule has 8 heteroatoms. The third-order valence-electron chi connectivity index (χ3n) is 5.33. The second-order valence-corrected chi connectivity index (χ2v) is 7.83. The molecule has 1 aliphatic rings. The van der Waals surface area contributed by atoms with Crippen molar-refractivity contribution < 1.29 is 9.53 Å². The summed E-state index contributed by atoms with van der Waals surface area (Å²) in [6, 6.07) is 5.25. The molecular weight excluding hydrogens is 404 g/mol. The minimum Gasteiger partial charge on any atom is -0.487 e. The van der Waals surface area contributed by atoms with Crippen LogP contribution in [0.4, 0.5) is 0 Å². The second kappa shape index (κ2) is 8.44. The van der Waals surface area contributed by atoms with Crippen molar-refractivity contribution in [1.29, 1.82) is 0 Å². The molecule has 1 aliphatic heterocycles. The first-order valence-electron chi connectivity index (χ1n) is 10.0. The van der Waals surface area contributed by atoms with Crippen molar-refractivity contribution >= 4 is 28.5 Å². The summed E-state index contributed by atoms with van der Waals surface area (Å²) in [5.74, 6) is 0.269. The molecule has 1 unspecified atom stereocenters. The number of fused-ring (bicyclic) bond motifs is 1. The van der Waals surface area contributed by atoms with E-state index in [9.17, 15) is 9.59 Å². The molecule has 0 bridgehead atoms. The molecule has 3 aromatic heterocycles. The Morgan fingerprint density at radius 3 is 2.93 bits per heavy atom. The number of rotatable bonds is 4. The Hall–Kier alpha value is -2.93. The molecule has 0 aromatic carbocycles. The zero-order valence-electron chi connectivity index (χ0n) is 17.0. The van der Waals surface area contributed by atoms with Crippen molar-refractivity contribution in [3.05, 3.63) is 63.3 Å². The Morgan fingerprint density at radius 1 is 1.33 bits per heavy atom. The van der Waals surface area contributed by atoms with Crippen molar-refractivity contribution in [1.82, 2.24) is 19.4 Å². The molecule has 0 radical (unpaired) electrons. The number of halogens is 1. The Balaban J connectivity index is 1.62. The average molecular weight is 427 g/mol. The maximum Gasteiger partial charge on any atom is 0.259 e. The van der Waals surface area contributed by atoms with Gasteiger partial charge in [0.05, 0.1) is 11.9 Å². The van der Waals surface area contributed by atoms with Gasteiger partial charge in [0.25, 0.3) is 5.91 Å². The molecule has 1 saturated heterocycles. The standard InChI is InChI=1S/C22H23ClN4O3/c1-3-26-13-17(20(28)16-7-6-14(2)25-21(16)26)22(29)27-10-4-5-15(12-27)30-19-8-9-24-11-18(19)23/h6-9,11,13,15H,3-5,10,12H2,1-2H3. The highest BCUT2D eigenvalue weighted by Gasteiger charge is 2.28. The molecule has 3 aromatic rings. The van der Waals surface area contributed by atoms with Crippen LogP contribution in [0.5, 0.6) is 5.75 Å². The van der Waals surface area contributed by atoms with Gasteiger partial charge in [-0.15, -0.1) is 0 Å². The van der Waals surface area contributed by atoms with E-state index in [1.165, 1.54) is 6.20 Å². The number of pyridine rings is 3. The lowest BCUT2D eigenvalue weighted by molar-refractivity contribution is 0.0536. The zero-order valence-corrected chi connectivity index (χ0v) is 17.7. The van der Waals surface area contributed by atoms with Gasteiger partial charge in [-0.3, -0.25) is 14.6 Å². The molecule has 1 fully saturated rings. The van der Waals surface area contributed by atoms with Crippen molar-refractivity contribution in [2.75, 3.05) is 13.1 Å². The van der Waals surface area contributed by atoms with Gasteiger partial charge in [-0.05, 0) is 38.8 Å². The lowest BCUT2D eigenvalue weighted by Crippen LogP contribution is -2.45. The highest BCUT2D eigenvalue weighted by molar-refractivity contribution is 6.31. The molecule has 0 saturated carbocycles. The molecule has 1 atom stereocenters. The predicted octanol–water partition coefficient (Wildman–Crippen LogP) is 3.46. The van der Waals surface area contributed by atoms with Gasteiger partial charge in [-0.1, -0.05) is 11.6 Å². The lowest BCUT2D eigenvalue weighted by Gasteiger charge is -2.33. The normalized spacial score (nSPS) is 16.6. The third kappa shape index (κ3) is 3.89. The van der Waals surface area contributed by atoms with Crippen LogP contribution in [0.2, 0.25) is 5.02 Å². The van der Waals surface area contributed by atoms with Crippen LogP contribution in [-0.4, -0.2) is 44.5 Å². The van der Waals surface area contributed by atoms with Crippen molar-refractivity contribution in [2.45, 2.75) is 39.3 Å². The molecule has 0 N–H and O–H groups in total. The van der Waals surface area contributed by atoms with E-state index in [1.807, 2.05) is 18.4 Å². The minimum absolute atomic E-state index is 0.164. The Bertz CT molecular complexity index is 1160. The van der Waals surface area contributed by atoms with Crippen LogP contribution in [0.3, 0.4) is 0 Å². The van der Waals surface area contributed by atoms with E-state index in [1.54, 1.807) is 35.5 Å². The number of likely N-dealkylation sites (tertiary alicyclic amines) is 1. The lowest BCUT2D eigenvalue weighted by atomic mass is 10.1. The van der Waals surface area contributed by atoms with Crippen LogP contribution in [-0.2, 0) is 6.54 Å². The van der Waals surface area contributed by atoms with E-state index in [0.717, 1.165) is 18.5 Å². The fraction of sp³-hybridized carbons (Fsp3) is 0.364. The van der Waals surface area contributed by atoms with Crippen LogP contribution in [0, 0.1) is 6.92 Å². The number of piperidine rings is 1. The Kier molecular flexibility index (Phi) is 5.72. The van der Waals surface area contributed by atoms with Crippen LogP contribution < -0.4 is 10.2 Å². The summed E-state index contributed by atoms with van der Waals surface area (Å²) in [6.45, 7) is 5.43. The van der Waals surface area contributed by atoms with Crippen LogP contribution in [0.15, 0.2) is 41.6 Å². The number of nitrogens with zero attached hydrogens (tertiary/aromatic N) is 4. The summed E-state index contributed by atoms with van der Waals surface area (Å²) in [4.78, 5) is 36.5. The fourth-order valence-electron chi connectivity index (χ4n) is 3.78. The number of aromatic nitrogens is 3. The van der Waals surface area contributed by atoms with Gasteiger partial charge in [0, 0.05) is 43.4 Å². The first-order chi connectivity index (χ1) is 14.5. The number of ether oxygens (including phenoxy) is 1. The molecule has 4 heterocycles. The summed E-state index contributed by atoms with van der Waals surface area (Å²) in [7, 11) is 0. The summed E-state index contributed by atoms with van der Waals surface area (Å²) in [5, 5.41) is 0.894. The SMILES string of the molecule is CCn1cc(C(=O)N2CCCC(Oc3ccncc3Cl)C2)c(=O)c2ccc(C)nc21. The maximum atomic E-state index is 13.3. The van der Waals surface area contributed by atoms with E-state index in [0.29, 0.717) is 41.4 Å². The van der Waals surface area contributed by atoms with Crippen molar-refractivity contribution in [2.24, 2.45) is 0 Å². The summed E-state index contributed by atoms with van der Waals surface area (Å²) in [6.07, 6.45) is 6.17. The van der Waals surface area contributed by atoms with Gasteiger partial charge >= 0.3 is 0 Å². The van der Waals surface area contributed by atoms with Crippen molar-refractivity contribution in [3.8, 4) is 5.75 Å². The average Bonchev–Trinajstić information content (AvgIpc) is 2.75. The number of hydrogen-bond donors (Lipinski definition) is 0. The van der Waals surface area contributed by atoms with E-state index in [2.05, 4.69) is 9.97 Å². The van der Waals surface area contributed by atoms with E-state index >= 15 is 0 Å². The molecule has 7 nitrogen and oxygen atoms in total. The largest absolute Gasteiger partial charge is 0.487 e. The van der Waals surface area contributed by atoms with Crippen LogP contribution in [0.1, 0.15) is 35.8 Å². The van der Waals surface area contributed by atoms with Gasteiger partial charge in [-0.25, -0.2) is 4.98 Å². The van der Waals surface area contributed by atoms with E-state index in [-0.39, 0.29) is 23.0 Å². The maximum absolute atomic E-state index is 13.3. The highest BCUT2D eigenvalue weighted by atomic mass is 35.5. The summed E-state index contributed by atoms with van der Waals surface area (Å²) < 4.78 is 7.85. The number of aryl methyl sites for hydroxylation is 2. The van der Waals surface area contributed by atoms with Gasteiger partial charge in [0.2, 0.25) is 5.43 Å². The molecule has 0 spiro atoms. The minimum atomic E-state index is -0.285. The Morgan fingerprint density at radius 2 is 2.17 bits per heavy atom. The number of carbonyl (C=O) groups excluding carboxylic acids is 1. The van der Waals surface area contributed by atoms with Crippen molar-refractivity contribution in [3.63, 3.8) is 0 Å². The topological polar surface area (TPSA) is 77.3 Å². The number of hydrogen-bond acceptors (Lipinski definition) is 5. The number of carbonyl (C=O) groups is 1. The zero-order chi connectivity index (χ0) is 21.3. The van der Waals surface area contributed by atoms with Gasteiger partial charge in [-0.2, -0.15) is 0 Å². The quantitative estimate of drug-likeness (QED) is 0.638. The molecule has 156 valence electrons. The summed E-state index contributed by atoms with van der Waals surface area (Å²) >= 11 is 6.14. The molecule has 4 rings (SSSR count). The highest BCUT2D eigenvalue weighted by Crippen LogP contribution is 2.26. The monoisotopic (exact) mass is 426 g/mol. The van der Waals surface area contributed by atoms with E-state index in [4.69, 9.17) is 16.3 Å². The smallest absolute Gasteiger partial charge is 0.259 e. The number of amides is 1. The molecule has 30 heavy (non-hydrogen) atoms. The van der Waals surface area contributed by atoms with E-state index < -0.39 is 0 Å². The molecular formula is C22H23ClN4O3. The molecule has 1 amide bonds.